The number of aryl methyl sites for hydroxylation is 1. The second kappa shape index (κ2) is 7.98. The third-order valence-electron chi connectivity index (χ3n) is 6.46. The van der Waals surface area contributed by atoms with Gasteiger partial charge >= 0.3 is 0 Å². The maximum atomic E-state index is 13.4. The number of hydrogen-bond acceptors (Lipinski definition) is 5. The van der Waals surface area contributed by atoms with Gasteiger partial charge in [-0.2, -0.15) is 0 Å². The summed E-state index contributed by atoms with van der Waals surface area (Å²) < 4.78 is 3.82. The molecule has 8 heteroatoms. The monoisotopic (exact) mass is 413 g/mol. The molecular weight excluding hydrogens is 382 g/mol. The maximum Gasteiger partial charge on any atom is 0.263 e. The molecule has 2 aromatic heterocycles. The van der Waals surface area contributed by atoms with Crippen LogP contribution in [0.15, 0.2) is 17.1 Å². The summed E-state index contributed by atoms with van der Waals surface area (Å²) >= 11 is 0. The average molecular weight is 414 g/mol. The van der Waals surface area contributed by atoms with Crippen molar-refractivity contribution in [3.05, 3.63) is 45.4 Å². The van der Waals surface area contributed by atoms with E-state index in [1.807, 2.05) is 13.0 Å². The lowest BCUT2D eigenvalue weighted by Crippen LogP contribution is -2.44. The molecule has 4 rings (SSSR count). The molecule has 1 aliphatic carbocycles. The Morgan fingerprint density at radius 1 is 1.20 bits per heavy atom. The first-order valence-corrected chi connectivity index (χ1v) is 10.9. The van der Waals surface area contributed by atoms with Crippen molar-refractivity contribution in [3.8, 4) is 0 Å². The van der Waals surface area contributed by atoms with Crippen LogP contribution in [0.1, 0.15) is 92.0 Å². The molecule has 0 saturated heterocycles. The van der Waals surface area contributed by atoms with Crippen molar-refractivity contribution >= 4 is 5.91 Å². The van der Waals surface area contributed by atoms with Gasteiger partial charge in [0.1, 0.15) is 11.4 Å². The second-order valence-electron chi connectivity index (χ2n) is 9.08. The van der Waals surface area contributed by atoms with Crippen LogP contribution < -0.4 is 5.56 Å². The summed E-state index contributed by atoms with van der Waals surface area (Å²) in [5.74, 6) is 1.71. The molecule has 1 amide bonds. The Hall–Kier alpha value is -2.48. The van der Waals surface area contributed by atoms with E-state index in [1.165, 1.54) is 0 Å². The minimum absolute atomic E-state index is 0.0324. The summed E-state index contributed by atoms with van der Waals surface area (Å²) in [6.07, 6.45) is 4.38. The lowest BCUT2D eigenvalue weighted by atomic mass is 9.92. The Morgan fingerprint density at radius 3 is 2.57 bits per heavy atom. The maximum absolute atomic E-state index is 13.4. The molecule has 30 heavy (non-hydrogen) atoms. The summed E-state index contributed by atoms with van der Waals surface area (Å²) in [7, 11) is 0. The first kappa shape index (κ1) is 20.8. The number of aliphatic hydroxyl groups excluding tert-OH is 1. The molecule has 1 saturated carbocycles. The highest BCUT2D eigenvalue weighted by Gasteiger charge is 2.32. The number of carbonyl (C=O) groups excluding carboxylic acids is 1. The van der Waals surface area contributed by atoms with Crippen LogP contribution in [0.3, 0.4) is 0 Å². The molecule has 0 spiro atoms. The minimum atomic E-state index is -0.286. The fourth-order valence-corrected chi connectivity index (χ4v) is 4.79. The van der Waals surface area contributed by atoms with Crippen LogP contribution in [0, 0.1) is 6.92 Å². The van der Waals surface area contributed by atoms with Gasteiger partial charge in [0.05, 0.1) is 18.7 Å². The van der Waals surface area contributed by atoms with Gasteiger partial charge in [0, 0.05) is 24.7 Å². The van der Waals surface area contributed by atoms with Crippen molar-refractivity contribution in [1.29, 1.82) is 0 Å². The molecule has 162 valence electrons. The molecule has 0 bridgehead atoms. The Balaban J connectivity index is 1.63. The fourth-order valence-electron chi connectivity index (χ4n) is 4.79. The first-order chi connectivity index (χ1) is 14.3. The van der Waals surface area contributed by atoms with Gasteiger partial charge in [0.25, 0.3) is 11.5 Å². The van der Waals surface area contributed by atoms with Gasteiger partial charge in [-0.15, -0.1) is 10.2 Å². The highest BCUT2D eigenvalue weighted by atomic mass is 16.3. The lowest BCUT2D eigenvalue weighted by molar-refractivity contribution is 0.0674. The Bertz CT molecular complexity index is 1000. The smallest absolute Gasteiger partial charge is 0.263 e. The van der Waals surface area contributed by atoms with E-state index >= 15 is 0 Å². The van der Waals surface area contributed by atoms with Crippen molar-refractivity contribution in [2.24, 2.45) is 0 Å². The molecule has 1 aliphatic heterocycles. The van der Waals surface area contributed by atoms with E-state index in [0.717, 1.165) is 24.5 Å². The molecule has 2 aliphatic rings. The Labute approximate surface area is 176 Å². The van der Waals surface area contributed by atoms with Crippen LogP contribution >= 0.6 is 0 Å². The van der Waals surface area contributed by atoms with Crippen LogP contribution in [0.25, 0.3) is 0 Å². The summed E-state index contributed by atoms with van der Waals surface area (Å²) in [5.41, 5.74) is 0.705. The SMILES string of the molecule is Cc1ccn(C2CCC(O)CC2)c(=O)c1C(=O)N1Cc2nnc(C(C)C)n2[C@@H](C)C1. The third-order valence-corrected chi connectivity index (χ3v) is 6.46. The predicted molar refractivity (Wildman–Crippen MR) is 113 cm³/mol. The summed E-state index contributed by atoms with van der Waals surface area (Å²) in [6, 6.07) is 1.94. The predicted octanol–water partition coefficient (Wildman–Crippen LogP) is 2.56. The third kappa shape index (κ3) is 3.57. The van der Waals surface area contributed by atoms with Gasteiger partial charge in [-0.05, 0) is 51.2 Å². The molecular formula is C22H31N5O3. The normalized spacial score (nSPS) is 24.2. The number of rotatable bonds is 3. The number of aromatic nitrogens is 4. The van der Waals surface area contributed by atoms with Crippen molar-refractivity contribution < 1.29 is 9.90 Å². The highest BCUT2D eigenvalue weighted by Crippen LogP contribution is 2.29. The number of hydrogen-bond donors (Lipinski definition) is 1. The molecule has 8 nitrogen and oxygen atoms in total. The van der Waals surface area contributed by atoms with E-state index in [9.17, 15) is 14.7 Å². The molecule has 0 unspecified atom stereocenters. The van der Waals surface area contributed by atoms with Gasteiger partial charge in [0.2, 0.25) is 0 Å². The summed E-state index contributed by atoms with van der Waals surface area (Å²) in [5, 5.41) is 18.4. The average Bonchev–Trinajstić information content (AvgIpc) is 3.14. The highest BCUT2D eigenvalue weighted by molar-refractivity contribution is 5.95. The van der Waals surface area contributed by atoms with Gasteiger partial charge < -0.3 is 19.1 Å². The quantitative estimate of drug-likeness (QED) is 0.835. The fraction of sp³-hybridized carbons (Fsp3) is 0.636. The summed E-state index contributed by atoms with van der Waals surface area (Å²) in [4.78, 5) is 28.5. The van der Waals surface area contributed by atoms with E-state index < -0.39 is 0 Å². The van der Waals surface area contributed by atoms with Gasteiger partial charge in [0.15, 0.2) is 5.82 Å². The van der Waals surface area contributed by atoms with E-state index in [-0.39, 0.29) is 41.1 Å². The standard InChI is InChI=1S/C22H31N5O3/c1-13(2)20-24-23-18-12-25(11-15(4)27(18)20)21(29)19-14(3)9-10-26(22(19)30)16-5-7-17(28)8-6-16/h9-10,13,15-17,28H,5-8,11-12H2,1-4H3/t15-,16?,17?/m0/s1. The number of carbonyl (C=O) groups is 1. The van der Waals surface area contributed by atoms with Gasteiger partial charge in [-0.3, -0.25) is 9.59 Å². The molecule has 1 N–H and O–H groups in total. The van der Waals surface area contributed by atoms with Crippen molar-refractivity contribution in [2.45, 2.75) is 84.0 Å². The van der Waals surface area contributed by atoms with Crippen LogP contribution in [-0.2, 0) is 6.54 Å². The van der Waals surface area contributed by atoms with Crippen LogP contribution in [0.2, 0.25) is 0 Å². The van der Waals surface area contributed by atoms with Crippen LogP contribution in [-0.4, -0.2) is 47.9 Å². The summed E-state index contributed by atoms with van der Waals surface area (Å²) in [6.45, 7) is 8.92. The minimum Gasteiger partial charge on any atom is -0.393 e. The van der Waals surface area contributed by atoms with Crippen LogP contribution in [0.5, 0.6) is 0 Å². The Kier molecular flexibility index (Phi) is 5.53. The number of amides is 1. The second-order valence-corrected chi connectivity index (χ2v) is 9.08. The Morgan fingerprint density at radius 2 is 1.90 bits per heavy atom. The molecule has 3 heterocycles. The van der Waals surface area contributed by atoms with E-state index in [4.69, 9.17) is 0 Å². The topological polar surface area (TPSA) is 93.2 Å². The zero-order valence-corrected chi connectivity index (χ0v) is 18.2. The van der Waals surface area contributed by atoms with Crippen molar-refractivity contribution in [1.82, 2.24) is 24.2 Å². The van der Waals surface area contributed by atoms with Crippen molar-refractivity contribution in [2.75, 3.05) is 6.54 Å². The molecule has 1 fully saturated rings. The molecule has 2 aromatic rings. The number of fused-ring (bicyclic) bond motifs is 1. The number of pyridine rings is 1. The van der Waals surface area contributed by atoms with E-state index in [1.54, 1.807) is 15.7 Å². The number of nitrogens with zero attached hydrogens (tertiary/aromatic N) is 5. The first-order valence-electron chi connectivity index (χ1n) is 10.9. The van der Waals surface area contributed by atoms with Gasteiger partial charge in [-0.25, -0.2) is 0 Å². The largest absolute Gasteiger partial charge is 0.393 e. The molecule has 1 atom stereocenters. The lowest BCUT2D eigenvalue weighted by Gasteiger charge is -2.33. The van der Waals surface area contributed by atoms with Gasteiger partial charge in [-0.1, -0.05) is 13.8 Å². The number of aliphatic hydroxyl groups is 1. The van der Waals surface area contributed by atoms with E-state index in [0.29, 0.717) is 31.5 Å². The van der Waals surface area contributed by atoms with E-state index in [2.05, 4.69) is 35.5 Å². The molecule has 0 radical (unpaired) electrons. The zero-order chi connectivity index (χ0) is 21.6. The zero-order valence-electron chi connectivity index (χ0n) is 18.2. The van der Waals surface area contributed by atoms with Crippen molar-refractivity contribution in [3.63, 3.8) is 0 Å². The molecule has 0 aromatic carbocycles. The van der Waals surface area contributed by atoms with Crippen LogP contribution in [0.4, 0.5) is 0 Å².